The number of rotatable bonds is 2. The zero-order valence-electron chi connectivity index (χ0n) is 7.07. The Hall–Kier alpha value is -1.65. The third-order valence-electron chi connectivity index (χ3n) is 1.25. The lowest BCUT2D eigenvalue weighted by atomic mass is 10.4. The Morgan fingerprint density at radius 1 is 1.75 bits per heavy atom. The van der Waals surface area contributed by atoms with Gasteiger partial charge in [-0.25, -0.2) is 9.98 Å². The fraction of sp³-hybridized carbons (Fsp3) is 0.286. The van der Waals surface area contributed by atoms with Crippen LogP contribution in [0.15, 0.2) is 16.2 Å². The van der Waals surface area contributed by atoms with Crippen LogP contribution in [0, 0.1) is 6.92 Å². The lowest BCUT2D eigenvalue weighted by Crippen LogP contribution is -2.04. The van der Waals surface area contributed by atoms with Crippen LogP contribution in [0.2, 0.25) is 0 Å². The molecule has 0 aliphatic rings. The molecule has 0 atom stereocenters. The Balaban J connectivity index is 2.70. The van der Waals surface area contributed by atoms with Gasteiger partial charge in [0.25, 0.3) is 0 Å². The van der Waals surface area contributed by atoms with Gasteiger partial charge in [-0.1, -0.05) is 0 Å². The van der Waals surface area contributed by atoms with Gasteiger partial charge in [-0.05, 0) is 13.8 Å². The summed E-state index contributed by atoms with van der Waals surface area (Å²) in [5.41, 5.74) is 6.29. The molecular weight excluding hydrogens is 154 g/mol. The second-order valence-corrected chi connectivity index (χ2v) is 2.42. The number of aliphatic imine (C=N–C) groups is 2. The number of aromatic amines is 1. The van der Waals surface area contributed by atoms with Crippen LogP contribution in [0.3, 0.4) is 0 Å². The first kappa shape index (κ1) is 8.45. The molecule has 12 heavy (non-hydrogen) atoms. The van der Waals surface area contributed by atoms with Gasteiger partial charge in [0.2, 0.25) is 0 Å². The topological polar surface area (TPSA) is 79.4 Å². The summed E-state index contributed by atoms with van der Waals surface area (Å²) in [5.74, 6) is 1.19. The molecule has 5 heteroatoms. The highest BCUT2D eigenvalue weighted by atomic mass is 15.2. The number of nitrogens with zero attached hydrogens (tertiary/aromatic N) is 3. The van der Waals surface area contributed by atoms with Crippen LogP contribution in [0.1, 0.15) is 12.5 Å². The summed E-state index contributed by atoms with van der Waals surface area (Å²) in [7, 11) is 0. The monoisotopic (exact) mass is 165 g/mol. The Morgan fingerprint density at radius 2 is 2.50 bits per heavy atom. The van der Waals surface area contributed by atoms with Crippen molar-refractivity contribution in [1.29, 1.82) is 0 Å². The van der Waals surface area contributed by atoms with Crippen molar-refractivity contribution in [2.75, 3.05) is 0 Å². The third-order valence-corrected chi connectivity index (χ3v) is 1.25. The molecule has 1 aromatic heterocycles. The number of amidine groups is 1. The van der Waals surface area contributed by atoms with Crippen LogP contribution in [-0.4, -0.2) is 22.4 Å². The summed E-state index contributed by atoms with van der Waals surface area (Å²) in [6.07, 6.45) is 3.10. The molecule has 1 heterocycles. The van der Waals surface area contributed by atoms with E-state index < -0.39 is 0 Å². The molecule has 0 bridgehead atoms. The third kappa shape index (κ3) is 2.19. The van der Waals surface area contributed by atoms with Crippen molar-refractivity contribution in [3.05, 3.63) is 11.8 Å². The Bertz CT molecular complexity index is 305. The van der Waals surface area contributed by atoms with E-state index in [1.165, 1.54) is 6.34 Å². The molecule has 64 valence electrons. The van der Waals surface area contributed by atoms with Crippen molar-refractivity contribution < 1.29 is 0 Å². The van der Waals surface area contributed by atoms with Gasteiger partial charge in [0.15, 0.2) is 5.82 Å². The lowest BCUT2D eigenvalue weighted by molar-refractivity contribution is 1.08. The molecule has 0 aliphatic carbocycles. The van der Waals surface area contributed by atoms with Crippen LogP contribution in [0.4, 0.5) is 5.82 Å². The van der Waals surface area contributed by atoms with E-state index in [0.717, 1.165) is 5.56 Å². The van der Waals surface area contributed by atoms with Crippen molar-refractivity contribution in [2.45, 2.75) is 13.8 Å². The number of aryl methyl sites for hydroxylation is 1. The second kappa shape index (κ2) is 3.66. The average molecular weight is 165 g/mol. The maximum absolute atomic E-state index is 5.30. The van der Waals surface area contributed by atoms with E-state index in [9.17, 15) is 0 Å². The van der Waals surface area contributed by atoms with Crippen molar-refractivity contribution in [3.63, 3.8) is 0 Å². The molecule has 0 aromatic carbocycles. The van der Waals surface area contributed by atoms with Crippen LogP contribution >= 0.6 is 0 Å². The summed E-state index contributed by atoms with van der Waals surface area (Å²) in [6, 6.07) is 0. The molecule has 1 rings (SSSR count). The molecule has 3 N–H and O–H groups in total. The molecule has 0 fully saturated rings. The Labute approximate surface area is 70.4 Å². The van der Waals surface area contributed by atoms with Crippen LogP contribution in [0.25, 0.3) is 0 Å². The summed E-state index contributed by atoms with van der Waals surface area (Å²) >= 11 is 0. The quantitative estimate of drug-likeness (QED) is 0.501. The van der Waals surface area contributed by atoms with E-state index in [0.29, 0.717) is 11.7 Å². The van der Waals surface area contributed by atoms with Gasteiger partial charge in [0.1, 0.15) is 6.34 Å². The number of hydrogen-bond donors (Lipinski definition) is 2. The van der Waals surface area contributed by atoms with E-state index >= 15 is 0 Å². The summed E-state index contributed by atoms with van der Waals surface area (Å²) in [4.78, 5) is 7.79. The van der Waals surface area contributed by atoms with Crippen molar-refractivity contribution in [2.24, 2.45) is 15.7 Å². The number of hydrogen-bond acceptors (Lipinski definition) is 2. The van der Waals surface area contributed by atoms with E-state index in [4.69, 9.17) is 5.73 Å². The van der Waals surface area contributed by atoms with E-state index in [1.807, 2.05) is 6.92 Å². The highest BCUT2D eigenvalue weighted by Gasteiger charge is 1.93. The van der Waals surface area contributed by atoms with Gasteiger partial charge in [-0.15, -0.1) is 0 Å². The standard InChI is InChI=1S/C7H11N5/c1-5-3-11-12-7(5)10-4-9-6(2)8/h3-4H,1-2H3,(H3,8,9,10,11,12). The van der Waals surface area contributed by atoms with Gasteiger partial charge < -0.3 is 5.73 Å². The zero-order chi connectivity index (χ0) is 8.97. The highest BCUT2D eigenvalue weighted by molar-refractivity contribution is 5.85. The van der Waals surface area contributed by atoms with E-state index in [-0.39, 0.29) is 0 Å². The van der Waals surface area contributed by atoms with Crippen molar-refractivity contribution >= 4 is 18.0 Å². The predicted octanol–water partition coefficient (Wildman–Crippen LogP) is 0.755. The van der Waals surface area contributed by atoms with Crippen molar-refractivity contribution in [1.82, 2.24) is 10.2 Å². The fourth-order valence-electron chi connectivity index (χ4n) is 0.648. The van der Waals surface area contributed by atoms with Gasteiger partial charge >= 0.3 is 0 Å². The molecule has 0 radical (unpaired) electrons. The molecule has 0 saturated carbocycles. The molecule has 1 aromatic rings. The Morgan fingerprint density at radius 3 is 3.00 bits per heavy atom. The number of aromatic nitrogens is 2. The average Bonchev–Trinajstić information content (AvgIpc) is 2.36. The molecular formula is C7H11N5. The number of H-pyrrole nitrogens is 1. The molecule has 0 saturated heterocycles. The molecule has 0 aliphatic heterocycles. The number of nitrogens with two attached hydrogens (primary N) is 1. The van der Waals surface area contributed by atoms with Gasteiger partial charge in [-0.2, -0.15) is 5.10 Å². The number of nitrogens with one attached hydrogen (secondary N) is 1. The highest BCUT2D eigenvalue weighted by Crippen LogP contribution is 2.11. The van der Waals surface area contributed by atoms with Crippen LogP contribution in [-0.2, 0) is 0 Å². The molecule has 0 spiro atoms. The van der Waals surface area contributed by atoms with E-state index in [2.05, 4.69) is 20.2 Å². The maximum Gasteiger partial charge on any atom is 0.152 e. The maximum atomic E-state index is 5.30. The smallest absolute Gasteiger partial charge is 0.152 e. The molecule has 0 unspecified atom stereocenters. The lowest BCUT2D eigenvalue weighted by Gasteiger charge is -1.86. The molecule has 0 amide bonds. The first-order valence-electron chi connectivity index (χ1n) is 3.52. The summed E-state index contributed by atoms with van der Waals surface area (Å²) in [6.45, 7) is 3.61. The van der Waals surface area contributed by atoms with Crippen molar-refractivity contribution in [3.8, 4) is 0 Å². The van der Waals surface area contributed by atoms with Crippen LogP contribution in [0.5, 0.6) is 0 Å². The molecule has 5 nitrogen and oxygen atoms in total. The van der Waals surface area contributed by atoms with Gasteiger partial charge in [-0.3, -0.25) is 5.10 Å². The predicted molar refractivity (Wildman–Crippen MR) is 48.8 cm³/mol. The minimum absolute atomic E-state index is 0.482. The fourth-order valence-corrected chi connectivity index (χ4v) is 0.648. The SMILES string of the molecule is C/C(N)=N\C=N/c1[nH]ncc1C. The normalized spacial score (nSPS) is 12.7. The zero-order valence-corrected chi connectivity index (χ0v) is 7.07. The first-order chi connectivity index (χ1) is 5.70. The minimum atomic E-state index is 0.482. The first-order valence-corrected chi connectivity index (χ1v) is 3.52. The minimum Gasteiger partial charge on any atom is -0.387 e. The largest absolute Gasteiger partial charge is 0.387 e. The summed E-state index contributed by atoms with van der Waals surface area (Å²) in [5, 5.41) is 6.52. The Kier molecular flexibility index (Phi) is 2.57. The van der Waals surface area contributed by atoms with Crippen LogP contribution < -0.4 is 5.73 Å². The second-order valence-electron chi connectivity index (χ2n) is 2.42. The van der Waals surface area contributed by atoms with Gasteiger partial charge in [0, 0.05) is 5.56 Å². The van der Waals surface area contributed by atoms with Gasteiger partial charge in [0.05, 0.1) is 12.0 Å². The van der Waals surface area contributed by atoms with E-state index in [1.54, 1.807) is 13.1 Å². The summed E-state index contributed by atoms with van der Waals surface area (Å²) < 4.78 is 0.